The number of rotatable bonds is 7. The Kier molecular flexibility index (Phi) is 6.32. The van der Waals surface area contributed by atoms with E-state index in [0.29, 0.717) is 17.3 Å². The number of carbonyl (C=O) groups is 2. The van der Waals surface area contributed by atoms with Crippen LogP contribution in [0.1, 0.15) is 13.3 Å². The second-order valence-corrected chi connectivity index (χ2v) is 4.39. The minimum Gasteiger partial charge on any atom is -0.481 e. The molecule has 0 fully saturated rings. The van der Waals surface area contributed by atoms with Crippen LogP contribution in [0.15, 0.2) is 24.3 Å². The molecule has 1 unspecified atom stereocenters. The molecule has 1 atom stereocenters. The number of carbonyl (C=O) groups excluding carboxylic acids is 1. The molecular formula is C13H16ClNO4. The average Bonchev–Trinajstić information content (AvgIpc) is 2.34. The predicted octanol–water partition coefficient (Wildman–Crippen LogP) is 2.41. The van der Waals surface area contributed by atoms with Gasteiger partial charge in [-0.3, -0.25) is 9.59 Å². The summed E-state index contributed by atoms with van der Waals surface area (Å²) in [5, 5.41) is 11.9. The van der Waals surface area contributed by atoms with Crippen LogP contribution in [0.3, 0.4) is 0 Å². The Labute approximate surface area is 116 Å². The molecule has 1 amide bonds. The minimum absolute atomic E-state index is 0.0786. The molecule has 104 valence electrons. The number of hydrogen-bond donors (Lipinski definition) is 2. The fourth-order valence-electron chi connectivity index (χ4n) is 1.51. The van der Waals surface area contributed by atoms with Crippen LogP contribution >= 0.6 is 11.6 Å². The van der Waals surface area contributed by atoms with Crippen LogP contribution < -0.4 is 5.32 Å². The van der Waals surface area contributed by atoms with Gasteiger partial charge in [-0.25, -0.2) is 0 Å². The number of ether oxygens (including phenoxy) is 1. The number of aliphatic carboxylic acids is 1. The zero-order chi connectivity index (χ0) is 14.3. The van der Waals surface area contributed by atoms with Gasteiger partial charge in [-0.2, -0.15) is 0 Å². The van der Waals surface area contributed by atoms with Crippen molar-refractivity contribution in [2.24, 2.45) is 5.92 Å². The van der Waals surface area contributed by atoms with Gasteiger partial charge in [0.25, 0.3) is 0 Å². The summed E-state index contributed by atoms with van der Waals surface area (Å²) in [5.74, 6) is -2.15. The van der Waals surface area contributed by atoms with E-state index in [1.807, 2.05) is 0 Å². The van der Waals surface area contributed by atoms with E-state index in [1.54, 1.807) is 31.2 Å². The lowest BCUT2D eigenvalue weighted by molar-refractivity contribution is -0.141. The Morgan fingerprint density at radius 1 is 1.47 bits per heavy atom. The van der Waals surface area contributed by atoms with Gasteiger partial charge in [0.1, 0.15) is 0 Å². The molecule has 0 saturated carbocycles. The highest BCUT2D eigenvalue weighted by molar-refractivity contribution is 6.30. The molecule has 0 aliphatic heterocycles. The maximum absolute atomic E-state index is 12.0. The first-order valence-corrected chi connectivity index (χ1v) is 6.26. The molecule has 0 bridgehead atoms. The van der Waals surface area contributed by atoms with Gasteiger partial charge in [-0.1, -0.05) is 17.7 Å². The number of anilines is 1. The van der Waals surface area contributed by atoms with Crippen LogP contribution in [0.4, 0.5) is 5.69 Å². The van der Waals surface area contributed by atoms with Gasteiger partial charge < -0.3 is 15.2 Å². The largest absolute Gasteiger partial charge is 0.481 e. The molecule has 2 N–H and O–H groups in total. The Morgan fingerprint density at radius 3 is 2.79 bits per heavy atom. The molecule has 0 radical (unpaired) electrons. The zero-order valence-electron chi connectivity index (χ0n) is 10.6. The summed E-state index contributed by atoms with van der Waals surface area (Å²) in [6, 6.07) is 6.67. The topological polar surface area (TPSA) is 75.6 Å². The third kappa shape index (κ3) is 5.72. The third-order valence-electron chi connectivity index (χ3n) is 2.41. The van der Waals surface area contributed by atoms with Gasteiger partial charge in [0, 0.05) is 17.3 Å². The van der Waals surface area contributed by atoms with E-state index < -0.39 is 17.8 Å². The van der Waals surface area contributed by atoms with E-state index in [4.69, 9.17) is 21.4 Å². The van der Waals surface area contributed by atoms with E-state index in [0.717, 1.165) is 0 Å². The standard InChI is InChI=1S/C13H16ClNO4/c1-2-19-8-9(6-12(16)17)13(18)15-11-5-3-4-10(14)7-11/h3-5,7,9H,2,6,8H2,1H3,(H,15,18)(H,16,17). The van der Waals surface area contributed by atoms with Crippen LogP contribution in [0.25, 0.3) is 0 Å². The van der Waals surface area contributed by atoms with Crippen molar-refractivity contribution in [2.75, 3.05) is 18.5 Å². The Balaban J connectivity index is 2.67. The molecule has 0 spiro atoms. The van der Waals surface area contributed by atoms with Crippen molar-refractivity contribution < 1.29 is 19.4 Å². The van der Waals surface area contributed by atoms with Crippen molar-refractivity contribution >= 4 is 29.2 Å². The van der Waals surface area contributed by atoms with Crippen molar-refractivity contribution in [3.8, 4) is 0 Å². The molecule has 19 heavy (non-hydrogen) atoms. The molecular weight excluding hydrogens is 270 g/mol. The van der Waals surface area contributed by atoms with Gasteiger partial charge >= 0.3 is 5.97 Å². The van der Waals surface area contributed by atoms with Crippen LogP contribution in [0.2, 0.25) is 5.02 Å². The number of carboxylic acid groups (broad SMARTS) is 1. The van der Waals surface area contributed by atoms with E-state index in [9.17, 15) is 9.59 Å². The first-order chi connectivity index (χ1) is 9.02. The molecule has 1 aromatic rings. The maximum Gasteiger partial charge on any atom is 0.304 e. The quantitative estimate of drug-likeness (QED) is 0.806. The lowest BCUT2D eigenvalue weighted by atomic mass is 10.1. The molecule has 0 aliphatic rings. The van der Waals surface area contributed by atoms with Crippen molar-refractivity contribution in [3.05, 3.63) is 29.3 Å². The molecule has 0 aliphatic carbocycles. The molecule has 6 heteroatoms. The summed E-state index contributed by atoms with van der Waals surface area (Å²) in [6.45, 7) is 2.29. The summed E-state index contributed by atoms with van der Waals surface area (Å²) in [6.07, 6.45) is -0.271. The normalized spacial score (nSPS) is 11.9. The monoisotopic (exact) mass is 285 g/mol. The Morgan fingerprint density at radius 2 is 2.21 bits per heavy atom. The molecule has 0 saturated heterocycles. The Hall–Kier alpha value is -1.59. The van der Waals surface area contributed by atoms with Crippen LogP contribution in [0.5, 0.6) is 0 Å². The fraction of sp³-hybridized carbons (Fsp3) is 0.385. The minimum atomic E-state index is -1.04. The number of amides is 1. The summed E-state index contributed by atoms with van der Waals surface area (Å²) in [4.78, 5) is 22.7. The highest BCUT2D eigenvalue weighted by Crippen LogP contribution is 2.16. The lowest BCUT2D eigenvalue weighted by Crippen LogP contribution is -2.29. The summed E-state index contributed by atoms with van der Waals surface area (Å²) in [7, 11) is 0. The van der Waals surface area contributed by atoms with E-state index >= 15 is 0 Å². The molecule has 5 nitrogen and oxygen atoms in total. The number of nitrogens with one attached hydrogen (secondary N) is 1. The van der Waals surface area contributed by atoms with Crippen LogP contribution in [-0.2, 0) is 14.3 Å². The van der Waals surface area contributed by atoms with E-state index in [2.05, 4.69) is 5.32 Å². The summed E-state index contributed by atoms with van der Waals surface area (Å²) in [5.41, 5.74) is 0.532. The second kappa shape index (κ2) is 7.76. The van der Waals surface area contributed by atoms with E-state index in [-0.39, 0.29) is 13.0 Å². The van der Waals surface area contributed by atoms with Crippen LogP contribution in [0, 0.1) is 5.92 Å². The highest BCUT2D eigenvalue weighted by atomic mass is 35.5. The third-order valence-corrected chi connectivity index (χ3v) is 2.64. The highest BCUT2D eigenvalue weighted by Gasteiger charge is 2.22. The van der Waals surface area contributed by atoms with Crippen LogP contribution in [-0.4, -0.2) is 30.2 Å². The fourth-order valence-corrected chi connectivity index (χ4v) is 1.70. The maximum atomic E-state index is 12.0. The SMILES string of the molecule is CCOCC(CC(=O)O)C(=O)Nc1cccc(Cl)c1. The lowest BCUT2D eigenvalue weighted by Gasteiger charge is -2.14. The number of halogens is 1. The van der Waals surface area contributed by atoms with Gasteiger partial charge in [-0.05, 0) is 25.1 Å². The molecule has 0 aromatic heterocycles. The Bertz CT molecular complexity index is 450. The number of carboxylic acids is 1. The smallest absolute Gasteiger partial charge is 0.304 e. The summed E-state index contributed by atoms with van der Waals surface area (Å²) < 4.78 is 5.13. The number of hydrogen-bond acceptors (Lipinski definition) is 3. The first kappa shape index (κ1) is 15.5. The van der Waals surface area contributed by atoms with Gasteiger partial charge in [0.05, 0.1) is 18.9 Å². The van der Waals surface area contributed by atoms with Crippen molar-refractivity contribution in [1.29, 1.82) is 0 Å². The molecule has 1 rings (SSSR count). The predicted molar refractivity (Wildman–Crippen MR) is 72.3 cm³/mol. The number of benzene rings is 1. The van der Waals surface area contributed by atoms with Gasteiger partial charge in [-0.15, -0.1) is 0 Å². The van der Waals surface area contributed by atoms with Gasteiger partial charge in [0.15, 0.2) is 0 Å². The van der Waals surface area contributed by atoms with Gasteiger partial charge in [0.2, 0.25) is 5.91 Å². The van der Waals surface area contributed by atoms with E-state index in [1.165, 1.54) is 0 Å². The molecule has 0 heterocycles. The average molecular weight is 286 g/mol. The zero-order valence-corrected chi connectivity index (χ0v) is 11.3. The van der Waals surface area contributed by atoms with Crippen molar-refractivity contribution in [1.82, 2.24) is 0 Å². The van der Waals surface area contributed by atoms with Crippen molar-refractivity contribution in [2.45, 2.75) is 13.3 Å². The van der Waals surface area contributed by atoms with Crippen molar-refractivity contribution in [3.63, 3.8) is 0 Å². The second-order valence-electron chi connectivity index (χ2n) is 3.95. The summed E-state index contributed by atoms with van der Waals surface area (Å²) >= 11 is 5.81. The molecule has 1 aromatic carbocycles. The first-order valence-electron chi connectivity index (χ1n) is 5.89.